The average Bonchev–Trinajstić information content (AvgIpc) is 2.45. The molecule has 21 heavy (non-hydrogen) atoms. The van der Waals surface area contributed by atoms with Crippen molar-refractivity contribution in [1.29, 1.82) is 0 Å². The summed E-state index contributed by atoms with van der Waals surface area (Å²) in [5, 5.41) is 12.0. The monoisotopic (exact) mass is 290 g/mol. The molecule has 1 fully saturated rings. The van der Waals surface area contributed by atoms with E-state index >= 15 is 0 Å². The van der Waals surface area contributed by atoms with Crippen LogP contribution in [0.5, 0.6) is 0 Å². The number of nitrogens with two attached hydrogens (primary N) is 1. The van der Waals surface area contributed by atoms with Crippen molar-refractivity contribution in [2.24, 2.45) is 5.41 Å². The van der Waals surface area contributed by atoms with Crippen LogP contribution in [0.15, 0.2) is 24.3 Å². The first-order valence-electron chi connectivity index (χ1n) is 7.36. The van der Waals surface area contributed by atoms with Gasteiger partial charge in [0, 0.05) is 17.8 Å². The van der Waals surface area contributed by atoms with Crippen LogP contribution in [-0.4, -0.2) is 23.5 Å². The number of carbonyl (C=O) groups excluding carboxylic acids is 1. The van der Waals surface area contributed by atoms with Crippen LogP contribution in [0.25, 0.3) is 0 Å². The predicted molar refractivity (Wildman–Crippen MR) is 81.0 cm³/mol. The van der Waals surface area contributed by atoms with Crippen molar-refractivity contribution in [2.45, 2.75) is 38.5 Å². The summed E-state index contributed by atoms with van der Waals surface area (Å²) in [6, 6.07) is 6.79. The van der Waals surface area contributed by atoms with E-state index in [-0.39, 0.29) is 17.7 Å². The minimum absolute atomic E-state index is 0.115. The smallest absolute Gasteiger partial charge is 0.303 e. The number of benzene rings is 1. The van der Waals surface area contributed by atoms with Gasteiger partial charge in [0.2, 0.25) is 0 Å². The Labute approximate surface area is 124 Å². The Morgan fingerprint density at radius 1 is 1.24 bits per heavy atom. The van der Waals surface area contributed by atoms with Crippen molar-refractivity contribution < 1.29 is 14.7 Å². The Balaban J connectivity index is 2.01. The van der Waals surface area contributed by atoms with Gasteiger partial charge in [0.15, 0.2) is 0 Å². The molecule has 0 aliphatic heterocycles. The third kappa shape index (κ3) is 4.21. The maximum atomic E-state index is 12.2. The molecule has 0 unspecified atom stereocenters. The van der Waals surface area contributed by atoms with Gasteiger partial charge in [0.25, 0.3) is 5.91 Å². The van der Waals surface area contributed by atoms with E-state index in [2.05, 4.69) is 5.32 Å². The number of hydrogen-bond acceptors (Lipinski definition) is 3. The Morgan fingerprint density at radius 2 is 1.95 bits per heavy atom. The lowest BCUT2D eigenvalue weighted by Gasteiger charge is -2.36. The van der Waals surface area contributed by atoms with Gasteiger partial charge in [-0.15, -0.1) is 0 Å². The molecule has 114 valence electrons. The number of anilines is 1. The van der Waals surface area contributed by atoms with Crippen molar-refractivity contribution in [3.05, 3.63) is 29.8 Å². The molecule has 0 spiro atoms. The number of amides is 1. The number of carboxylic acid groups (broad SMARTS) is 1. The fourth-order valence-corrected chi connectivity index (χ4v) is 3.09. The molecule has 1 aliphatic rings. The summed E-state index contributed by atoms with van der Waals surface area (Å²) in [7, 11) is 0. The first kappa shape index (κ1) is 15.4. The number of carbonyl (C=O) groups is 2. The molecular weight excluding hydrogens is 268 g/mol. The summed E-state index contributed by atoms with van der Waals surface area (Å²) in [4.78, 5) is 23.3. The summed E-state index contributed by atoms with van der Waals surface area (Å²) >= 11 is 0. The van der Waals surface area contributed by atoms with E-state index in [9.17, 15) is 9.59 Å². The molecule has 1 aromatic carbocycles. The number of rotatable bonds is 5. The second-order valence-corrected chi connectivity index (χ2v) is 5.94. The Hall–Kier alpha value is -2.04. The lowest BCUT2D eigenvalue weighted by Crippen LogP contribution is -2.40. The number of aliphatic carboxylic acids is 1. The molecule has 5 heteroatoms. The molecule has 1 aliphatic carbocycles. The molecule has 5 nitrogen and oxygen atoms in total. The van der Waals surface area contributed by atoms with E-state index in [1.165, 1.54) is 0 Å². The van der Waals surface area contributed by atoms with Crippen LogP contribution in [0, 0.1) is 5.41 Å². The van der Waals surface area contributed by atoms with Crippen LogP contribution in [0.4, 0.5) is 5.69 Å². The van der Waals surface area contributed by atoms with Gasteiger partial charge in [0.1, 0.15) is 0 Å². The van der Waals surface area contributed by atoms with E-state index < -0.39 is 5.97 Å². The standard InChI is InChI=1S/C16H22N2O3/c17-13-6-4-5-12(9-13)15(21)18-11-16(10-14(19)20)7-2-1-3-8-16/h4-6,9H,1-3,7-8,10-11,17H2,(H,18,21)(H,19,20). The molecular formula is C16H22N2O3. The zero-order valence-corrected chi connectivity index (χ0v) is 12.1. The topological polar surface area (TPSA) is 92.4 Å². The van der Waals surface area contributed by atoms with Gasteiger partial charge in [-0.2, -0.15) is 0 Å². The zero-order chi connectivity index (χ0) is 15.3. The molecule has 0 heterocycles. The van der Waals surface area contributed by atoms with Gasteiger partial charge >= 0.3 is 5.97 Å². The quantitative estimate of drug-likeness (QED) is 0.726. The summed E-state index contributed by atoms with van der Waals surface area (Å²) < 4.78 is 0. The van der Waals surface area contributed by atoms with E-state index in [1.54, 1.807) is 24.3 Å². The second-order valence-electron chi connectivity index (χ2n) is 5.94. The number of carboxylic acids is 1. The predicted octanol–water partition coefficient (Wildman–Crippen LogP) is 2.42. The van der Waals surface area contributed by atoms with Crippen LogP contribution >= 0.6 is 0 Å². The summed E-state index contributed by atoms with van der Waals surface area (Å²) in [5.41, 5.74) is 6.42. The Morgan fingerprint density at radius 3 is 2.57 bits per heavy atom. The highest BCUT2D eigenvalue weighted by atomic mass is 16.4. The van der Waals surface area contributed by atoms with Crippen molar-refractivity contribution >= 4 is 17.6 Å². The third-order valence-electron chi connectivity index (χ3n) is 4.21. The second kappa shape index (κ2) is 6.61. The molecule has 1 saturated carbocycles. The van der Waals surface area contributed by atoms with Gasteiger partial charge in [0.05, 0.1) is 6.42 Å². The maximum Gasteiger partial charge on any atom is 0.303 e. The van der Waals surface area contributed by atoms with Crippen LogP contribution < -0.4 is 11.1 Å². The minimum Gasteiger partial charge on any atom is -0.481 e. The van der Waals surface area contributed by atoms with Crippen molar-refractivity contribution in [3.63, 3.8) is 0 Å². The highest BCUT2D eigenvalue weighted by Gasteiger charge is 2.34. The third-order valence-corrected chi connectivity index (χ3v) is 4.21. The van der Waals surface area contributed by atoms with E-state index in [1.807, 2.05) is 0 Å². The Kier molecular flexibility index (Phi) is 4.83. The van der Waals surface area contributed by atoms with Crippen LogP contribution in [0.3, 0.4) is 0 Å². The number of hydrogen-bond donors (Lipinski definition) is 3. The molecule has 0 atom stereocenters. The lowest BCUT2D eigenvalue weighted by atomic mass is 9.71. The SMILES string of the molecule is Nc1cccc(C(=O)NCC2(CC(=O)O)CCCCC2)c1. The number of nitrogens with one attached hydrogen (secondary N) is 1. The Bertz CT molecular complexity index is 522. The van der Waals surface area contributed by atoms with Gasteiger partial charge in [-0.25, -0.2) is 0 Å². The van der Waals surface area contributed by atoms with E-state index in [4.69, 9.17) is 10.8 Å². The minimum atomic E-state index is -0.796. The van der Waals surface area contributed by atoms with Crippen LogP contribution in [0.2, 0.25) is 0 Å². The summed E-state index contributed by atoms with van der Waals surface area (Å²) in [5.74, 6) is -0.993. The van der Waals surface area contributed by atoms with E-state index in [0.29, 0.717) is 17.8 Å². The first-order chi connectivity index (χ1) is 10.0. The van der Waals surface area contributed by atoms with Crippen molar-refractivity contribution in [3.8, 4) is 0 Å². The highest BCUT2D eigenvalue weighted by Crippen LogP contribution is 2.38. The van der Waals surface area contributed by atoms with Crippen molar-refractivity contribution in [1.82, 2.24) is 5.32 Å². The zero-order valence-electron chi connectivity index (χ0n) is 12.1. The van der Waals surface area contributed by atoms with Gasteiger partial charge < -0.3 is 16.2 Å². The van der Waals surface area contributed by atoms with Gasteiger partial charge in [-0.05, 0) is 36.5 Å². The summed E-state index contributed by atoms with van der Waals surface area (Å²) in [6.45, 7) is 0.410. The lowest BCUT2D eigenvalue weighted by molar-refractivity contribution is -0.140. The number of nitrogen functional groups attached to an aromatic ring is 1. The normalized spacial score (nSPS) is 17.1. The van der Waals surface area contributed by atoms with E-state index in [0.717, 1.165) is 32.1 Å². The molecule has 4 N–H and O–H groups in total. The molecule has 2 rings (SSSR count). The molecule has 0 radical (unpaired) electrons. The fraction of sp³-hybridized carbons (Fsp3) is 0.500. The first-order valence-corrected chi connectivity index (χ1v) is 7.36. The van der Waals surface area contributed by atoms with Crippen LogP contribution in [-0.2, 0) is 4.79 Å². The van der Waals surface area contributed by atoms with Gasteiger partial charge in [-0.1, -0.05) is 25.3 Å². The maximum absolute atomic E-state index is 12.2. The largest absolute Gasteiger partial charge is 0.481 e. The van der Waals surface area contributed by atoms with Crippen LogP contribution in [0.1, 0.15) is 48.9 Å². The van der Waals surface area contributed by atoms with Crippen molar-refractivity contribution in [2.75, 3.05) is 12.3 Å². The average molecular weight is 290 g/mol. The molecule has 0 saturated heterocycles. The molecule has 1 amide bonds. The molecule has 1 aromatic rings. The molecule has 0 bridgehead atoms. The fourth-order valence-electron chi connectivity index (χ4n) is 3.09. The van der Waals surface area contributed by atoms with Gasteiger partial charge in [-0.3, -0.25) is 9.59 Å². The highest BCUT2D eigenvalue weighted by molar-refractivity contribution is 5.95. The summed E-state index contributed by atoms with van der Waals surface area (Å²) in [6.07, 6.45) is 5.03. The molecule has 0 aromatic heterocycles.